The molecule has 0 aliphatic carbocycles. The van der Waals surface area contributed by atoms with Crippen LogP contribution in [0.1, 0.15) is 18.4 Å². The number of carbonyl (C=O) groups is 1. The van der Waals surface area contributed by atoms with Crippen molar-refractivity contribution in [1.82, 2.24) is 0 Å². The normalized spacial score (nSPS) is 11.6. The van der Waals surface area contributed by atoms with E-state index in [1.165, 1.54) is 24.3 Å². The summed E-state index contributed by atoms with van der Waals surface area (Å²) in [6.07, 6.45) is 0. The van der Waals surface area contributed by atoms with Crippen LogP contribution in [0.4, 0.5) is 10.1 Å². The van der Waals surface area contributed by atoms with Crippen molar-refractivity contribution >= 4 is 18.9 Å². The van der Waals surface area contributed by atoms with Crippen LogP contribution in [0, 0.1) is 5.82 Å². The summed E-state index contributed by atoms with van der Waals surface area (Å²) in [6, 6.07) is 11.9. The molecule has 22 heavy (non-hydrogen) atoms. The van der Waals surface area contributed by atoms with Crippen molar-refractivity contribution in [2.75, 3.05) is 5.32 Å². The lowest BCUT2D eigenvalue weighted by molar-refractivity contribution is -0.117. The molecule has 2 aromatic rings. The summed E-state index contributed by atoms with van der Waals surface area (Å²) in [5.74, 6) is -0.754. The minimum Gasteiger partial charge on any atom is -0.512 e. The maximum absolute atomic E-state index is 12.9. The highest BCUT2D eigenvalue weighted by atomic mass is 19.1. The molecule has 0 aliphatic rings. The van der Waals surface area contributed by atoms with E-state index in [1.807, 2.05) is 0 Å². The van der Waals surface area contributed by atoms with Gasteiger partial charge in [0.2, 0.25) is 5.91 Å². The van der Waals surface area contributed by atoms with Gasteiger partial charge in [0.15, 0.2) is 0 Å². The van der Waals surface area contributed by atoms with Gasteiger partial charge in [-0.05, 0) is 48.9 Å². The number of halogens is 1. The first-order valence-corrected chi connectivity index (χ1v) is 6.65. The first-order valence-electron chi connectivity index (χ1n) is 6.65. The molecule has 0 bridgehead atoms. The van der Waals surface area contributed by atoms with Crippen molar-refractivity contribution in [2.24, 2.45) is 0 Å². The Morgan fingerprint density at radius 1 is 1.14 bits per heavy atom. The first kappa shape index (κ1) is 16.0. The van der Waals surface area contributed by atoms with Gasteiger partial charge in [0, 0.05) is 5.69 Å². The van der Waals surface area contributed by atoms with Gasteiger partial charge in [-0.2, -0.15) is 0 Å². The zero-order chi connectivity index (χ0) is 16.1. The van der Waals surface area contributed by atoms with Crippen molar-refractivity contribution in [3.8, 4) is 5.75 Å². The van der Waals surface area contributed by atoms with E-state index in [4.69, 9.17) is 10.0 Å². The van der Waals surface area contributed by atoms with Crippen molar-refractivity contribution < 1.29 is 23.9 Å². The Morgan fingerprint density at radius 2 is 1.73 bits per heavy atom. The van der Waals surface area contributed by atoms with Crippen molar-refractivity contribution in [3.05, 3.63) is 59.9 Å². The second-order valence-electron chi connectivity index (χ2n) is 4.73. The minimum atomic E-state index is -1.89. The molecule has 5 nitrogen and oxygen atoms in total. The fourth-order valence-corrected chi connectivity index (χ4v) is 1.89. The van der Waals surface area contributed by atoms with Crippen LogP contribution in [0.5, 0.6) is 5.75 Å². The maximum Gasteiger partial charge on any atom is 0.707 e. The van der Waals surface area contributed by atoms with Crippen LogP contribution in [0.2, 0.25) is 0 Å². The molecule has 0 spiro atoms. The lowest BCUT2D eigenvalue weighted by Gasteiger charge is -2.13. The first-order chi connectivity index (χ1) is 10.5. The average molecular weight is 303 g/mol. The molecular weight excluding hydrogens is 288 g/mol. The molecule has 7 heteroatoms. The van der Waals surface area contributed by atoms with Gasteiger partial charge in [0.05, 0.1) is 5.92 Å². The lowest BCUT2D eigenvalue weighted by Crippen LogP contribution is -2.21. The van der Waals surface area contributed by atoms with Gasteiger partial charge >= 0.3 is 7.32 Å². The minimum absolute atomic E-state index is 0.234. The molecule has 0 saturated heterocycles. The molecule has 2 aromatic carbocycles. The zero-order valence-corrected chi connectivity index (χ0v) is 11.9. The summed E-state index contributed by atoms with van der Waals surface area (Å²) in [4.78, 5) is 12.1. The fourth-order valence-electron chi connectivity index (χ4n) is 1.89. The number of anilines is 1. The van der Waals surface area contributed by atoms with Crippen LogP contribution in [-0.2, 0) is 4.79 Å². The Balaban J connectivity index is 2.00. The number of rotatable bonds is 5. The Kier molecular flexibility index (Phi) is 5.14. The SMILES string of the molecule is C[C@@H](C(=O)Nc1ccc(OB(O)O)cc1)c1ccc(F)cc1. The van der Waals surface area contributed by atoms with E-state index in [2.05, 4.69) is 9.97 Å². The third kappa shape index (κ3) is 4.31. The largest absolute Gasteiger partial charge is 0.707 e. The highest BCUT2D eigenvalue weighted by molar-refractivity contribution is 6.33. The van der Waals surface area contributed by atoms with E-state index < -0.39 is 13.2 Å². The van der Waals surface area contributed by atoms with Crippen LogP contribution in [0.15, 0.2) is 48.5 Å². The molecule has 0 aromatic heterocycles. The molecule has 3 N–H and O–H groups in total. The number of amides is 1. The van der Waals surface area contributed by atoms with Gasteiger partial charge in [0.25, 0.3) is 0 Å². The summed E-state index contributed by atoms with van der Waals surface area (Å²) >= 11 is 0. The van der Waals surface area contributed by atoms with E-state index in [1.54, 1.807) is 31.2 Å². The molecule has 1 amide bonds. The van der Waals surface area contributed by atoms with Crippen LogP contribution >= 0.6 is 0 Å². The van der Waals surface area contributed by atoms with Gasteiger partial charge in [-0.1, -0.05) is 12.1 Å². The summed E-state index contributed by atoms with van der Waals surface area (Å²) < 4.78 is 17.5. The lowest BCUT2D eigenvalue weighted by atomic mass is 10.0. The molecule has 0 unspecified atom stereocenters. The monoisotopic (exact) mass is 303 g/mol. The van der Waals surface area contributed by atoms with Gasteiger partial charge < -0.3 is 20.0 Å². The predicted octanol–water partition coefficient (Wildman–Crippen LogP) is 1.92. The summed E-state index contributed by atoms with van der Waals surface area (Å²) in [6.45, 7) is 1.72. The summed E-state index contributed by atoms with van der Waals surface area (Å²) in [5, 5.41) is 20.1. The molecule has 2 rings (SSSR count). The highest BCUT2D eigenvalue weighted by Gasteiger charge is 2.16. The Bertz CT molecular complexity index is 631. The van der Waals surface area contributed by atoms with Gasteiger partial charge in [-0.3, -0.25) is 4.79 Å². The standard InChI is InChI=1S/C15H15BFNO4/c1-10(11-2-4-12(17)5-3-11)15(19)18-13-6-8-14(9-7-13)22-16(20)21/h2-10,20-21H,1H3,(H,18,19)/t10-/m1/s1. The average Bonchev–Trinajstić information content (AvgIpc) is 2.49. The number of hydrogen-bond acceptors (Lipinski definition) is 4. The molecule has 0 fully saturated rings. The molecule has 0 saturated carbocycles. The van der Waals surface area contributed by atoms with Crippen molar-refractivity contribution in [3.63, 3.8) is 0 Å². The third-order valence-corrected chi connectivity index (χ3v) is 3.13. The number of carbonyl (C=O) groups excluding carboxylic acids is 1. The topological polar surface area (TPSA) is 78.8 Å². The van der Waals surface area contributed by atoms with Gasteiger partial charge in [-0.25, -0.2) is 4.39 Å². The Morgan fingerprint density at radius 3 is 2.27 bits per heavy atom. The van der Waals surface area contributed by atoms with E-state index in [0.29, 0.717) is 11.3 Å². The third-order valence-electron chi connectivity index (χ3n) is 3.13. The zero-order valence-electron chi connectivity index (χ0n) is 11.9. The van der Waals surface area contributed by atoms with E-state index >= 15 is 0 Å². The van der Waals surface area contributed by atoms with Crippen LogP contribution < -0.4 is 9.97 Å². The van der Waals surface area contributed by atoms with Gasteiger partial charge in [0.1, 0.15) is 11.6 Å². The van der Waals surface area contributed by atoms with Crippen molar-refractivity contribution in [1.29, 1.82) is 0 Å². The molecule has 0 heterocycles. The molecule has 114 valence electrons. The number of benzene rings is 2. The second-order valence-corrected chi connectivity index (χ2v) is 4.73. The van der Waals surface area contributed by atoms with Crippen LogP contribution in [0.25, 0.3) is 0 Å². The van der Waals surface area contributed by atoms with E-state index in [0.717, 1.165) is 0 Å². The highest BCUT2D eigenvalue weighted by Crippen LogP contribution is 2.20. The molecular formula is C15H15BFNO4. The second kappa shape index (κ2) is 7.06. The van der Waals surface area contributed by atoms with Crippen LogP contribution in [-0.4, -0.2) is 23.3 Å². The molecule has 0 radical (unpaired) electrons. The van der Waals surface area contributed by atoms with E-state index in [9.17, 15) is 9.18 Å². The predicted molar refractivity (Wildman–Crippen MR) is 80.7 cm³/mol. The quantitative estimate of drug-likeness (QED) is 0.737. The fraction of sp³-hybridized carbons (Fsp3) is 0.133. The Labute approximate surface area is 127 Å². The Hall–Kier alpha value is -2.38. The maximum atomic E-state index is 12.9. The molecule has 0 aliphatic heterocycles. The summed E-state index contributed by atoms with van der Waals surface area (Å²) in [7, 11) is -1.89. The van der Waals surface area contributed by atoms with Crippen molar-refractivity contribution in [2.45, 2.75) is 12.8 Å². The van der Waals surface area contributed by atoms with Crippen LogP contribution in [0.3, 0.4) is 0 Å². The van der Waals surface area contributed by atoms with E-state index in [-0.39, 0.29) is 17.5 Å². The smallest absolute Gasteiger partial charge is 0.512 e. The van der Waals surface area contributed by atoms with Gasteiger partial charge in [-0.15, -0.1) is 0 Å². The number of hydrogen-bond donors (Lipinski definition) is 3. The summed E-state index contributed by atoms with van der Waals surface area (Å²) in [5.41, 5.74) is 1.25. The molecule has 1 atom stereocenters. The number of nitrogens with one attached hydrogen (secondary N) is 1.